The maximum atomic E-state index is 12.6. The largest absolute Gasteiger partial charge is 0.367 e. The van der Waals surface area contributed by atoms with Crippen LogP contribution in [0.3, 0.4) is 0 Å². The molecule has 7 nitrogen and oxygen atoms in total. The Kier molecular flexibility index (Phi) is 4.73. The van der Waals surface area contributed by atoms with Crippen molar-refractivity contribution in [2.75, 3.05) is 31.5 Å². The van der Waals surface area contributed by atoms with Gasteiger partial charge < -0.3 is 15.1 Å². The zero-order valence-electron chi connectivity index (χ0n) is 13.5. The van der Waals surface area contributed by atoms with Crippen LogP contribution in [0.1, 0.15) is 43.1 Å². The van der Waals surface area contributed by atoms with E-state index in [0.717, 1.165) is 18.7 Å². The van der Waals surface area contributed by atoms with Gasteiger partial charge in [-0.1, -0.05) is 12.8 Å². The molecule has 124 valence electrons. The maximum absolute atomic E-state index is 12.6. The van der Waals surface area contributed by atoms with E-state index in [9.17, 15) is 9.59 Å². The van der Waals surface area contributed by atoms with Crippen LogP contribution in [0.25, 0.3) is 0 Å². The lowest BCUT2D eigenvalue weighted by atomic mass is 10.2. The number of hydrogen-bond acceptors (Lipinski definition) is 5. The van der Waals surface area contributed by atoms with Gasteiger partial charge in [0.25, 0.3) is 5.91 Å². The molecule has 1 aliphatic carbocycles. The van der Waals surface area contributed by atoms with E-state index in [4.69, 9.17) is 0 Å². The van der Waals surface area contributed by atoms with E-state index in [0.29, 0.717) is 37.9 Å². The molecule has 0 atom stereocenters. The first kappa shape index (κ1) is 15.7. The SMILES string of the molecule is CC(=O)N1CCN(C(=O)c2cc(NC3CCCC3)ncn2)CC1. The van der Waals surface area contributed by atoms with Crippen molar-refractivity contribution < 1.29 is 9.59 Å². The second-order valence-electron chi connectivity index (χ2n) is 6.21. The van der Waals surface area contributed by atoms with Gasteiger partial charge in [-0.2, -0.15) is 0 Å². The van der Waals surface area contributed by atoms with Crippen LogP contribution in [0.2, 0.25) is 0 Å². The Morgan fingerprint density at radius 3 is 2.39 bits per heavy atom. The van der Waals surface area contributed by atoms with Gasteiger partial charge in [-0.15, -0.1) is 0 Å². The van der Waals surface area contributed by atoms with Crippen molar-refractivity contribution in [3.63, 3.8) is 0 Å². The quantitative estimate of drug-likeness (QED) is 0.904. The molecule has 0 aromatic carbocycles. The van der Waals surface area contributed by atoms with Gasteiger partial charge in [0.05, 0.1) is 0 Å². The third-order valence-electron chi connectivity index (χ3n) is 4.61. The first-order valence-electron chi connectivity index (χ1n) is 8.27. The molecule has 2 heterocycles. The predicted molar refractivity (Wildman–Crippen MR) is 86.1 cm³/mol. The summed E-state index contributed by atoms with van der Waals surface area (Å²) in [6.07, 6.45) is 6.24. The summed E-state index contributed by atoms with van der Waals surface area (Å²) in [4.78, 5) is 35.8. The number of carbonyl (C=O) groups excluding carboxylic acids is 2. The normalized spacial score (nSPS) is 19.0. The van der Waals surface area contributed by atoms with Crippen LogP contribution in [0.4, 0.5) is 5.82 Å². The molecule has 2 fully saturated rings. The average molecular weight is 317 g/mol. The highest BCUT2D eigenvalue weighted by atomic mass is 16.2. The third-order valence-corrected chi connectivity index (χ3v) is 4.61. The van der Waals surface area contributed by atoms with Crippen LogP contribution >= 0.6 is 0 Å². The molecule has 1 aromatic rings. The molecule has 0 spiro atoms. The fourth-order valence-corrected chi connectivity index (χ4v) is 3.22. The van der Waals surface area contributed by atoms with Crippen molar-refractivity contribution in [3.05, 3.63) is 18.1 Å². The highest BCUT2D eigenvalue weighted by molar-refractivity contribution is 5.93. The number of nitrogens with zero attached hydrogens (tertiary/aromatic N) is 4. The molecule has 1 saturated carbocycles. The second kappa shape index (κ2) is 6.93. The summed E-state index contributed by atoms with van der Waals surface area (Å²) in [5.41, 5.74) is 0.414. The van der Waals surface area contributed by atoms with Crippen LogP contribution in [0.5, 0.6) is 0 Å². The zero-order chi connectivity index (χ0) is 16.2. The smallest absolute Gasteiger partial charge is 0.272 e. The molecule has 7 heteroatoms. The lowest BCUT2D eigenvalue weighted by Crippen LogP contribution is -2.50. The Morgan fingerprint density at radius 2 is 1.74 bits per heavy atom. The number of piperazine rings is 1. The minimum atomic E-state index is -0.0925. The van der Waals surface area contributed by atoms with E-state index < -0.39 is 0 Å². The Bertz CT molecular complexity index is 578. The number of anilines is 1. The summed E-state index contributed by atoms with van der Waals surface area (Å²) in [5, 5.41) is 3.39. The summed E-state index contributed by atoms with van der Waals surface area (Å²) in [6, 6.07) is 2.19. The first-order chi connectivity index (χ1) is 11.1. The van der Waals surface area contributed by atoms with E-state index in [-0.39, 0.29) is 11.8 Å². The van der Waals surface area contributed by atoms with Gasteiger partial charge in [-0.25, -0.2) is 9.97 Å². The fourth-order valence-electron chi connectivity index (χ4n) is 3.22. The van der Waals surface area contributed by atoms with Crippen molar-refractivity contribution in [1.82, 2.24) is 19.8 Å². The van der Waals surface area contributed by atoms with E-state index in [1.54, 1.807) is 22.8 Å². The van der Waals surface area contributed by atoms with Gasteiger partial charge in [0.15, 0.2) is 0 Å². The van der Waals surface area contributed by atoms with Crippen LogP contribution in [-0.2, 0) is 4.79 Å². The van der Waals surface area contributed by atoms with Gasteiger partial charge in [0, 0.05) is 45.2 Å². The summed E-state index contributed by atoms with van der Waals surface area (Å²) < 4.78 is 0. The number of nitrogens with one attached hydrogen (secondary N) is 1. The van der Waals surface area contributed by atoms with Gasteiger partial charge in [0.2, 0.25) is 5.91 Å². The van der Waals surface area contributed by atoms with Crippen LogP contribution in [-0.4, -0.2) is 63.8 Å². The molecule has 1 N–H and O–H groups in total. The highest BCUT2D eigenvalue weighted by Gasteiger charge is 2.24. The molecule has 0 bridgehead atoms. The molecule has 2 amide bonds. The maximum Gasteiger partial charge on any atom is 0.272 e. The number of amides is 2. The van der Waals surface area contributed by atoms with E-state index >= 15 is 0 Å². The summed E-state index contributed by atoms with van der Waals surface area (Å²) in [5.74, 6) is 0.685. The Morgan fingerprint density at radius 1 is 1.09 bits per heavy atom. The van der Waals surface area contributed by atoms with Crippen LogP contribution in [0.15, 0.2) is 12.4 Å². The van der Waals surface area contributed by atoms with Crippen molar-refractivity contribution in [1.29, 1.82) is 0 Å². The van der Waals surface area contributed by atoms with Gasteiger partial charge in [-0.3, -0.25) is 9.59 Å². The minimum Gasteiger partial charge on any atom is -0.367 e. The molecular formula is C16H23N5O2. The van der Waals surface area contributed by atoms with Gasteiger partial charge in [0.1, 0.15) is 17.8 Å². The highest BCUT2D eigenvalue weighted by Crippen LogP contribution is 2.21. The van der Waals surface area contributed by atoms with E-state index in [2.05, 4.69) is 15.3 Å². The third kappa shape index (κ3) is 3.78. The summed E-state index contributed by atoms with van der Waals surface area (Å²) >= 11 is 0. The van der Waals surface area contributed by atoms with Gasteiger partial charge >= 0.3 is 0 Å². The number of carbonyl (C=O) groups is 2. The monoisotopic (exact) mass is 317 g/mol. The molecule has 1 aromatic heterocycles. The molecular weight excluding hydrogens is 294 g/mol. The van der Waals surface area contributed by atoms with Crippen molar-refractivity contribution in [2.45, 2.75) is 38.6 Å². The molecule has 2 aliphatic rings. The summed E-state index contributed by atoms with van der Waals surface area (Å²) in [7, 11) is 0. The topological polar surface area (TPSA) is 78.4 Å². The molecule has 0 unspecified atom stereocenters. The number of rotatable bonds is 3. The average Bonchev–Trinajstić information content (AvgIpc) is 3.07. The fraction of sp³-hybridized carbons (Fsp3) is 0.625. The van der Waals surface area contributed by atoms with Crippen molar-refractivity contribution in [2.24, 2.45) is 0 Å². The van der Waals surface area contributed by atoms with E-state index in [1.165, 1.54) is 19.2 Å². The zero-order valence-corrected chi connectivity index (χ0v) is 13.5. The van der Waals surface area contributed by atoms with Crippen LogP contribution < -0.4 is 5.32 Å². The summed E-state index contributed by atoms with van der Waals surface area (Å²) in [6.45, 7) is 3.82. The second-order valence-corrected chi connectivity index (χ2v) is 6.21. The molecule has 0 radical (unpaired) electrons. The molecule has 1 saturated heterocycles. The minimum absolute atomic E-state index is 0.0576. The van der Waals surface area contributed by atoms with Crippen molar-refractivity contribution >= 4 is 17.6 Å². The Labute approximate surface area is 136 Å². The lowest BCUT2D eigenvalue weighted by molar-refractivity contribution is -0.130. The standard InChI is InChI=1S/C16H23N5O2/c1-12(22)20-6-8-21(9-7-20)16(23)14-10-15(18-11-17-14)19-13-4-2-3-5-13/h10-11,13H,2-9H2,1H3,(H,17,18,19). The van der Waals surface area contributed by atoms with E-state index in [1.807, 2.05) is 0 Å². The molecule has 3 rings (SSSR count). The lowest BCUT2D eigenvalue weighted by Gasteiger charge is -2.34. The number of hydrogen-bond donors (Lipinski definition) is 1. The van der Waals surface area contributed by atoms with Crippen molar-refractivity contribution in [3.8, 4) is 0 Å². The number of aromatic nitrogens is 2. The Balaban J connectivity index is 1.62. The predicted octanol–water partition coefficient (Wildman–Crippen LogP) is 1.14. The molecule has 1 aliphatic heterocycles. The first-order valence-corrected chi connectivity index (χ1v) is 8.27. The Hall–Kier alpha value is -2.18. The molecule has 23 heavy (non-hydrogen) atoms. The van der Waals surface area contributed by atoms with Crippen LogP contribution in [0, 0.1) is 0 Å². The van der Waals surface area contributed by atoms with Gasteiger partial charge in [-0.05, 0) is 12.8 Å².